The number of aromatic carboxylic acids is 1. The van der Waals surface area contributed by atoms with Crippen LogP contribution in [0.4, 0.5) is 0 Å². The van der Waals surface area contributed by atoms with E-state index in [-0.39, 0.29) is 5.92 Å². The first-order valence-corrected chi connectivity index (χ1v) is 6.96. The van der Waals surface area contributed by atoms with E-state index in [1.165, 1.54) is 11.1 Å². The second-order valence-electron chi connectivity index (χ2n) is 5.10. The number of hydrogen-bond donors (Lipinski definition) is 1. The van der Waals surface area contributed by atoms with E-state index in [2.05, 4.69) is 32.0 Å². The van der Waals surface area contributed by atoms with Crippen LogP contribution >= 0.6 is 0 Å². The summed E-state index contributed by atoms with van der Waals surface area (Å²) in [4.78, 5) is 11.3. The fourth-order valence-corrected chi connectivity index (χ4v) is 2.80. The Balaban J connectivity index is 2.51. The number of hydrogen-bond acceptors (Lipinski definition) is 1. The van der Waals surface area contributed by atoms with Gasteiger partial charge >= 0.3 is 5.97 Å². The van der Waals surface area contributed by atoms with E-state index in [4.69, 9.17) is 0 Å². The van der Waals surface area contributed by atoms with Gasteiger partial charge in [-0.25, -0.2) is 4.79 Å². The molecule has 2 aromatic carbocycles. The molecule has 0 saturated heterocycles. The Morgan fingerprint density at radius 1 is 1.10 bits per heavy atom. The molecule has 104 valence electrons. The molecule has 0 aliphatic rings. The Morgan fingerprint density at radius 2 is 1.75 bits per heavy atom. The second kappa shape index (κ2) is 5.91. The molecule has 0 aromatic heterocycles. The molecule has 0 bridgehead atoms. The summed E-state index contributed by atoms with van der Waals surface area (Å²) in [6.45, 7) is 6.18. The number of carbonyl (C=O) groups is 1. The number of benzene rings is 2. The summed E-state index contributed by atoms with van der Waals surface area (Å²) in [7, 11) is 0. The van der Waals surface area contributed by atoms with Crippen molar-refractivity contribution >= 4 is 5.97 Å². The van der Waals surface area contributed by atoms with Gasteiger partial charge in [0, 0.05) is 5.92 Å². The van der Waals surface area contributed by atoms with Crippen LogP contribution in [0.1, 0.15) is 52.4 Å². The molecule has 0 spiro atoms. The quantitative estimate of drug-likeness (QED) is 0.892. The highest BCUT2D eigenvalue weighted by atomic mass is 16.4. The third-order valence-electron chi connectivity index (χ3n) is 3.98. The highest BCUT2D eigenvalue weighted by Crippen LogP contribution is 2.30. The van der Waals surface area contributed by atoms with Crippen molar-refractivity contribution in [3.63, 3.8) is 0 Å². The summed E-state index contributed by atoms with van der Waals surface area (Å²) in [6.07, 6.45) is 0.984. The standard InChI is InChI=1S/C18H20O2/c1-4-14-8-5-6-9-16(14)12(2)15-10-7-11-17(13(15)3)18(19)20/h5-12H,4H2,1-3H3,(H,19,20). The maximum absolute atomic E-state index is 11.3. The molecule has 0 saturated carbocycles. The van der Waals surface area contributed by atoms with Crippen molar-refractivity contribution in [2.45, 2.75) is 33.1 Å². The van der Waals surface area contributed by atoms with Crippen LogP contribution in [0.2, 0.25) is 0 Å². The summed E-state index contributed by atoms with van der Waals surface area (Å²) in [5.74, 6) is -0.661. The van der Waals surface area contributed by atoms with Gasteiger partial charge in [-0.3, -0.25) is 0 Å². The summed E-state index contributed by atoms with van der Waals surface area (Å²) >= 11 is 0. The Kier molecular flexibility index (Phi) is 4.23. The van der Waals surface area contributed by atoms with Crippen LogP contribution in [0.25, 0.3) is 0 Å². The highest BCUT2D eigenvalue weighted by Gasteiger charge is 2.17. The lowest BCUT2D eigenvalue weighted by atomic mass is 9.85. The van der Waals surface area contributed by atoms with Crippen LogP contribution in [0.3, 0.4) is 0 Å². The van der Waals surface area contributed by atoms with Crippen molar-refractivity contribution in [2.75, 3.05) is 0 Å². The summed E-state index contributed by atoms with van der Waals surface area (Å²) in [5.41, 5.74) is 4.94. The highest BCUT2D eigenvalue weighted by molar-refractivity contribution is 5.89. The molecule has 0 fully saturated rings. The molecule has 0 aliphatic heterocycles. The molecular weight excluding hydrogens is 248 g/mol. The van der Waals surface area contributed by atoms with Gasteiger partial charge in [0.1, 0.15) is 0 Å². The average molecular weight is 268 g/mol. The van der Waals surface area contributed by atoms with Crippen molar-refractivity contribution < 1.29 is 9.90 Å². The van der Waals surface area contributed by atoms with Crippen molar-refractivity contribution in [2.24, 2.45) is 0 Å². The molecule has 0 amide bonds. The molecule has 2 nitrogen and oxygen atoms in total. The van der Waals surface area contributed by atoms with Crippen LogP contribution in [0, 0.1) is 6.92 Å². The number of carboxylic acid groups (broad SMARTS) is 1. The second-order valence-corrected chi connectivity index (χ2v) is 5.10. The van der Waals surface area contributed by atoms with Gasteiger partial charge in [-0.1, -0.05) is 50.2 Å². The van der Waals surface area contributed by atoms with E-state index in [0.717, 1.165) is 17.5 Å². The molecule has 0 aliphatic carbocycles. The number of rotatable bonds is 4. The van der Waals surface area contributed by atoms with E-state index in [1.54, 1.807) is 6.07 Å². The molecule has 20 heavy (non-hydrogen) atoms. The largest absolute Gasteiger partial charge is 0.478 e. The van der Waals surface area contributed by atoms with E-state index < -0.39 is 5.97 Å². The lowest BCUT2D eigenvalue weighted by Crippen LogP contribution is -2.07. The Bertz CT molecular complexity index is 629. The van der Waals surface area contributed by atoms with Crippen molar-refractivity contribution in [1.82, 2.24) is 0 Å². The zero-order chi connectivity index (χ0) is 14.7. The summed E-state index contributed by atoms with van der Waals surface area (Å²) in [5, 5.41) is 9.24. The van der Waals surface area contributed by atoms with Gasteiger partial charge in [0.2, 0.25) is 0 Å². The SMILES string of the molecule is CCc1ccccc1C(C)c1cccc(C(=O)O)c1C. The maximum Gasteiger partial charge on any atom is 0.335 e. The van der Waals surface area contributed by atoms with Gasteiger partial charge in [0.25, 0.3) is 0 Å². The first-order chi connectivity index (χ1) is 9.56. The van der Waals surface area contributed by atoms with Gasteiger partial charge in [-0.15, -0.1) is 0 Å². The first-order valence-electron chi connectivity index (χ1n) is 6.96. The Labute approximate surface area is 120 Å². The molecule has 0 radical (unpaired) electrons. The molecule has 1 unspecified atom stereocenters. The van der Waals surface area contributed by atoms with Gasteiger partial charge < -0.3 is 5.11 Å². The smallest absolute Gasteiger partial charge is 0.335 e. The molecule has 0 heterocycles. The normalized spacial score (nSPS) is 12.2. The fraction of sp³-hybridized carbons (Fsp3) is 0.278. The fourth-order valence-electron chi connectivity index (χ4n) is 2.80. The van der Waals surface area contributed by atoms with Crippen molar-refractivity contribution in [1.29, 1.82) is 0 Å². The molecule has 2 heteroatoms. The van der Waals surface area contributed by atoms with Crippen molar-refractivity contribution in [3.05, 3.63) is 70.3 Å². The molecule has 1 atom stereocenters. The van der Waals surface area contributed by atoms with Gasteiger partial charge in [-0.05, 0) is 41.7 Å². The van der Waals surface area contributed by atoms with E-state index >= 15 is 0 Å². The predicted octanol–water partition coefficient (Wildman–Crippen LogP) is 4.41. The van der Waals surface area contributed by atoms with E-state index in [0.29, 0.717) is 5.56 Å². The third-order valence-corrected chi connectivity index (χ3v) is 3.98. The molecule has 1 N–H and O–H groups in total. The van der Waals surface area contributed by atoms with Crippen LogP contribution in [-0.2, 0) is 6.42 Å². The van der Waals surface area contributed by atoms with Crippen LogP contribution < -0.4 is 0 Å². The third kappa shape index (κ3) is 2.60. The van der Waals surface area contributed by atoms with E-state index in [1.807, 2.05) is 25.1 Å². The minimum absolute atomic E-state index is 0.199. The Hall–Kier alpha value is -2.09. The predicted molar refractivity (Wildman–Crippen MR) is 81.5 cm³/mol. The summed E-state index contributed by atoms with van der Waals surface area (Å²) < 4.78 is 0. The maximum atomic E-state index is 11.3. The lowest BCUT2D eigenvalue weighted by molar-refractivity contribution is 0.0696. The Morgan fingerprint density at radius 3 is 2.40 bits per heavy atom. The topological polar surface area (TPSA) is 37.3 Å². The minimum atomic E-state index is -0.861. The monoisotopic (exact) mass is 268 g/mol. The molecule has 2 aromatic rings. The van der Waals surface area contributed by atoms with Gasteiger partial charge in [0.15, 0.2) is 0 Å². The summed E-state index contributed by atoms with van der Waals surface area (Å²) in [6, 6.07) is 13.9. The molecular formula is C18H20O2. The number of aryl methyl sites for hydroxylation is 1. The van der Waals surface area contributed by atoms with Gasteiger partial charge in [-0.2, -0.15) is 0 Å². The van der Waals surface area contributed by atoms with Gasteiger partial charge in [0.05, 0.1) is 5.56 Å². The minimum Gasteiger partial charge on any atom is -0.478 e. The number of carboxylic acids is 1. The van der Waals surface area contributed by atoms with Crippen LogP contribution in [0.15, 0.2) is 42.5 Å². The van der Waals surface area contributed by atoms with E-state index in [9.17, 15) is 9.90 Å². The lowest BCUT2D eigenvalue weighted by Gasteiger charge is -2.19. The van der Waals surface area contributed by atoms with Crippen molar-refractivity contribution in [3.8, 4) is 0 Å². The average Bonchev–Trinajstić information content (AvgIpc) is 2.46. The molecule has 2 rings (SSSR count). The zero-order valence-corrected chi connectivity index (χ0v) is 12.2. The van der Waals surface area contributed by atoms with Crippen LogP contribution in [-0.4, -0.2) is 11.1 Å². The zero-order valence-electron chi connectivity index (χ0n) is 12.2. The van der Waals surface area contributed by atoms with Crippen LogP contribution in [0.5, 0.6) is 0 Å². The first kappa shape index (κ1) is 14.3.